The Kier molecular flexibility index (Phi) is 17.9. The zero-order valence-corrected chi connectivity index (χ0v) is 19.0. The fourth-order valence-electron chi connectivity index (χ4n) is 2.62. The number of ether oxygens (including phenoxy) is 2. The zero-order valence-electron chi connectivity index (χ0n) is 17.0. The molecule has 1 unspecified atom stereocenters. The van der Waals surface area contributed by atoms with Crippen molar-refractivity contribution in [2.24, 2.45) is 0 Å². The van der Waals surface area contributed by atoms with Crippen LogP contribution in [0, 0.1) is 0 Å². The van der Waals surface area contributed by atoms with Gasteiger partial charge in [0.1, 0.15) is 12.7 Å². The van der Waals surface area contributed by atoms with Crippen LogP contribution in [0.4, 0.5) is 0 Å². The van der Waals surface area contributed by atoms with Crippen molar-refractivity contribution in [2.45, 2.75) is 92.3 Å². The Bertz CT molecular complexity index is 411. The summed E-state index contributed by atoms with van der Waals surface area (Å²) in [5, 5.41) is 9.73. The number of hydrogen-bond acceptors (Lipinski definition) is 5. The van der Waals surface area contributed by atoms with E-state index in [1.807, 2.05) is 0 Å². The summed E-state index contributed by atoms with van der Waals surface area (Å²) in [5.41, 5.74) is 0.325. The summed E-state index contributed by atoms with van der Waals surface area (Å²) in [5.74, 6) is -0.487. The first-order chi connectivity index (χ1) is 11.5. The number of carbonyl (C=O) groups is 1. The Morgan fingerprint density at radius 1 is 1.04 bits per heavy atom. The predicted octanol–water partition coefficient (Wildman–Crippen LogP) is 5.37. The Morgan fingerprint density at radius 3 is 2.04 bits per heavy atom. The van der Waals surface area contributed by atoms with Gasteiger partial charge in [-0.05, 0) is 51.6 Å². The number of esters is 1. The van der Waals surface area contributed by atoms with Crippen LogP contribution < -0.4 is 0 Å². The summed E-state index contributed by atoms with van der Waals surface area (Å²) in [7, 11) is -3.22. The molecule has 164 valence electrons. The number of aliphatic hydroxyl groups is 1. The largest absolute Gasteiger partial charge is 0.460 e. The van der Waals surface area contributed by atoms with E-state index in [-0.39, 0.29) is 28.1 Å². The topological polar surface area (TPSA) is 65.0 Å². The van der Waals surface area contributed by atoms with Gasteiger partial charge in [0.25, 0.3) is 0 Å². The first-order valence-corrected chi connectivity index (χ1v) is 15.5. The molecule has 1 N–H and O–H groups in total. The summed E-state index contributed by atoms with van der Waals surface area (Å²) < 4.78 is 16.9. The molecule has 0 aliphatic heterocycles. The van der Waals surface area contributed by atoms with Crippen LogP contribution in [0.2, 0.25) is 38.3 Å². The Labute approximate surface area is 170 Å². The number of aliphatic hydroxyl groups excluding tert-OH is 1. The molecule has 0 spiro atoms. The molecule has 0 aromatic rings. The van der Waals surface area contributed by atoms with Gasteiger partial charge < -0.3 is 18.7 Å². The van der Waals surface area contributed by atoms with Crippen molar-refractivity contribution in [3.63, 3.8) is 0 Å². The average Bonchev–Trinajstić information content (AvgIpc) is 2.48. The lowest BCUT2D eigenvalue weighted by atomic mass is 10.3. The third-order valence-electron chi connectivity index (χ3n) is 3.82. The smallest absolute Gasteiger partial charge is 0.333 e. The SMILES string of the molecule is C.C.C=C(C)C(=O)OCC(O)COCCC[Si](C)(C)O[Si](C)(C)CCCC. The standard InChI is InChI=1S/C18H38O5Si2.2CH4/c1-8-9-12-24(4,5)23-25(6,7)13-10-11-21-14-17(19)15-22-18(20)16(2)3;;/h17,19H,2,8-15H2,1,3-7H3;2*1H4. The van der Waals surface area contributed by atoms with E-state index in [1.54, 1.807) is 6.92 Å². The molecule has 5 nitrogen and oxygen atoms in total. The molecule has 1 atom stereocenters. The van der Waals surface area contributed by atoms with Crippen molar-refractivity contribution < 1.29 is 23.5 Å². The summed E-state index contributed by atoms with van der Waals surface area (Å²) >= 11 is 0. The van der Waals surface area contributed by atoms with Crippen LogP contribution >= 0.6 is 0 Å². The molecule has 0 aliphatic rings. The van der Waals surface area contributed by atoms with E-state index in [0.717, 1.165) is 12.5 Å². The van der Waals surface area contributed by atoms with E-state index in [9.17, 15) is 9.90 Å². The van der Waals surface area contributed by atoms with Gasteiger partial charge in [0.05, 0.1) is 6.61 Å². The molecule has 0 aromatic carbocycles. The van der Waals surface area contributed by atoms with Gasteiger partial charge in [-0.15, -0.1) is 0 Å². The molecule has 0 radical (unpaired) electrons. The van der Waals surface area contributed by atoms with Crippen LogP contribution in [0.5, 0.6) is 0 Å². The van der Waals surface area contributed by atoms with Gasteiger partial charge in [-0.1, -0.05) is 41.2 Å². The van der Waals surface area contributed by atoms with Crippen molar-refractivity contribution in [2.75, 3.05) is 19.8 Å². The van der Waals surface area contributed by atoms with Crippen molar-refractivity contribution in [3.05, 3.63) is 12.2 Å². The summed E-state index contributed by atoms with van der Waals surface area (Å²) in [6.45, 7) is 17.2. The van der Waals surface area contributed by atoms with Gasteiger partial charge in [0.2, 0.25) is 0 Å². The summed E-state index contributed by atoms with van der Waals surface area (Å²) in [4.78, 5) is 11.2. The van der Waals surface area contributed by atoms with Gasteiger partial charge >= 0.3 is 5.97 Å². The molecule has 7 heteroatoms. The second-order valence-electron chi connectivity index (χ2n) is 7.94. The highest BCUT2D eigenvalue weighted by molar-refractivity contribution is 6.84. The van der Waals surface area contributed by atoms with Crippen LogP contribution in [0.3, 0.4) is 0 Å². The minimum absolute atomic E-state index is 0. The number of carbonyl (C=O) groups excluding carboxylic acids is 1. The minimum atomic E-state index is -1.67. The van der Waals surface area contributed by atoms with Crippen molar-refractivity contribution in [1.29, 1.82) is 0 Å². The van der Waals surface area contributed by atoms with Gasteiger partial charge in [0, 0.05) is 12.2 Å². The highest BCUT2D eigenvalue weighted by Gasteiger charge is 2.32. The van der Waals surface area contributed by atoms with E-state index in [4.69, 9.17) is 13.6 Å². The lowest BCUT2D eigenvalue weighted by Crippen LogP contribution is -2.44. The maximum absolute atomic E-state index is 11.2. The third kappa shape index (κ3) is 17.4. The van der Waals surface area contributed by atoms with Gasteiger partial charge in [-0.25, -0.2) is 4.79 Å². The van der Waals surface area contributed by atoms with E-state index < -0.39 is 28.7 Å². The van der Waals surface area contributed by atoms with Crippen LogP contribution in [-0.2, 0) is 18.4 Å². The number of unbranched alkanes of at least 4 members (excludes halogenated alkanes) is 1. The number of rotatable bonds is 14. The predicted molar refractivity (Wildman–Crippen MR) is 121 cm³/mol. The van der Waals surface area contributed by atoms with E-state index in [1.165, 1.54) is 18.9 Å². The lowest BCUT2D eigenvalue weighted by molar-refractivity contribution is -0.143. The molecule has 0 fully saturated rings. The molecular formula is C20H46O5Si2. The molecule has 0 saturated carbocycles. The highest BCUT2D eigenvalue weighted by atomic mass is 28.4. The zero-order chi connectivity index (χ0) is 19.5. The average molecular weight is 423 g/mol. The molecular weight excluding hydrogens is 376 g/mol. The van der Waals surface area contributed by atoms with E-state index in [2.05, 4.69) is 39.7 Å². The van der Waals surface area contributed by atoms with E-state index >= 15 is 0 Å². The maximum atomic E-state index is 11.2. The van der Waals surface area contributed by atoms with E-state index in [0.29, 0.717) is 12.2 Å². The molecule has 0 saturated heterocycles. The second-order valence-corrected chi connectivity index (χ2v) is 16.8. The monoisotopic (exact) mass is 422 g/mol. The quantitative estimate of drug-likeness (QED) is 0.176. The Morgan fingerprint density at radius 2 is 1.56 bits per heavy atom. The van der Waals surface area contributed by atoms with Crippen LogP contribution in [0.1, 0.15) is 48.0 Å². The van der Waals surface area contributed by atoms with Gasteiger partial charge in [-0.2, -0.15) is 0 Å². The van der Waals surface area contributed by atoms with Crippen molar-refractivity contribution >= 4 is 22.6 Å². The van der Waals surface area contributed by atoms with Crippen LogP contribution in [0.25, 0.3) is 0 Å². The second kappa shape index (κ2) is 15.4. The number of hydrogen-bond donors (Lipinski definition) is 1. The fraction of sp³-hybridized carbons (Fsp3) is 0.850. The molecule has 0 heterocycles. The molecule has 27 heavy (non-hydrogen) atoms. The molecule has 0 rings (SSSR count). The van der Waals surface area contributed by atoms with Gasteiger partial charge in [-0.3, -0.25) is 0 Å². The van der Waals surface area contributed by atoms with Crippen LogP contribution in [-0.4, -0.2) is 53.6 Å². The molecule has 0 aliphatic carbocycles. The Hall–Kier alpha value is -0.476. The normalized spacial score (nSPS) is 12.6. The minimum Gasteiger partial charge on any atom is -0.460 e. The lowest BCUT2D eigenvalue weighted by Gasteiger charge is -2.34. The maximum Gasteiger partial charge on any atom is 0.333 e. The summed E-state index contributed by atoms with van der Waals surface area (Å²) in [6, 6.07) is 2.28. The molecule has 0 bridgehead atoms. The van der Waals surface area contributed by atoms with Crippen molar-refractivity contribution in [1.82, 2.24) is 0 Å². The van der Waals surface area contributed by atoms with Crippen molar-refractivity contribution in [3.8, 4) is 0 Å². The Balaban J connectivity index is -0.00000288. The highest BCUT2D eigenvalue weighted by Crippen LogP contribution is 2.24. The molecule has 0 amide bonds. The third-order valence-corrected chi connectivity index (χ3v) is 11.4. The van der Waals surface area contributed by atoms with Gasteiger partial charge in [0.15, 0.2) is 16.6 Å². The van der Waals surface area contributed by atoms with Crippen LogP contribution in [0.15, 0.2) is 12.2 Å². The first-order valence-electron chi connectivity index (χ1n) is 9.27. The molecule has 0 aromatic heterocycles. The summed E-state index contributed by atoms with van der Waals surface area (Å²) in [6.07, 6.45) is 2.60. The fourth-order valence-corrected chi connectivity index (χ4v) is 11.6. The first kappa shape index (κ1) is 31.2.